The number of benzene rings is 6. The van der Waals surface area contributed by atoms with Crippen molar-refractivity contribution in [2.24, 2.45) is 0 Å². The van der Waals surface area contributed by atoms with Crippen LogP contribution in [-0.4, -0.2) is 20.4 Å². The van der Waals surface area contributed by atoms with Gasteiger partial charge in [-0.25, -0.2) is 0 Å². The first-order valence-electron chi connectivity index (χ1n) is 28.3. The molecule has 0 fully saturated rings. The smallest absolute Gasteiger partial charge is 0.123 e. The molecule has 0 unspecified atom stereocenters. The number of nitrogens with one attached hydrogen (secondary N) is 1. The number of rotatable bonds is 10. The highest BCUT2D eigenvalue weighted by molar-refractivity contribution is 5.69. The molecule has 0 saturated heterocycles. The Morgan fingerprint density at radius 3 is 0.610 bits per heavy atom. The molecule has 0 radical (unpaired) electrons. The lowest BCUT2D eigenvalue weighted by molar-refractivity contribution is 0.422. The lowest BCUT2D eigenvalue weighted by Gasteiger charge is -2.29. The van der Waals surface area contributed by atoms with E-state index in [2.05, 4.69) is 256 Å². The van der Waals surface area contributed by atoms with Crippen LogP contribution in [0.2, 0.25) is 0 Å². The highest BCUT2D eigenvalue weighted by atomic mass is 16.3. The topological polar surface area (TPSA) is 93.0 Å². The van der Waals surface area contributed by atoms with Crippen LogP contribution in [0.15, 0.2) is 84.9 Å². The molecule has 0 atom stereocenters. The average Bonchev–Trinajstić information content (AvgIpc) is 3.24. The minimum Gasteiger partial charge on any atom is -0.507 e. The van der Waals surface area contributed by atoms with Crippen LogP contribution >= 0.6 is 0 Å². The van der Waals surface area contributed by atoms with Crippen LogP contribution in [0.1, 0.15) is 255 Å². The Morgan fingerprint density at radius 2 is 0.429 bits per heavy atom. The van der Waals surface area contributed by atoms with Crippen molar-refractivity contribution in [3.05, 3.63) is 174 Å². The van der Waals surface area contributed by atoms with E-state index < -0.39 is 0 Å². The lowest BCUT2D eigenvalue weighted by atomic mass is 9.77. The molecule has 0 aromatic heterocycles. The molecule has 0 saturated carbocycles. The van der Waals surface area contributed by atoms with Crippen molar-refractivity contribution in [1.29, 1.82) is 0 Å². The Hall–Kier alpha value is -5.68. The Kier molecular flexibility index (Phi) is 16.4. The van der Waals surface area contributed by atoms with E-state index in [0.29, 0.717) is 48.7 Å². The molecule has 5 heteroatoms. The molecule has 77 heavy (non-hydrogen) atoms. The van der Waals surface area contributed by atoms with Crippen LogP contribution in [0.3, 0.4) is 0 Å². The van der Waals surface area contributed by atoms with Gasteiger partial charge in [-0.1, -0.05) is 239 Å². The van der Waals surface area contributed by atoms with Crippen molar-refractivity contribution in [2.75, 3.05) is 5.32 Å². The molecular formula is C72H99NO4. The molecule has 6 rings (SSSR count). The first kappa shape index (κ1) is 60.5. The molecule has 0 bridgehead atoms. The number of hydrogen-bond donors (Lipinski definition) is 5. The normalized spacial score (nSPS) is 13.4. The van der Waals surface area contributed by atoms with Gasteiger partial charge in [0.15, 0.2) is 0 Å². The summed E-state index contributed by atoms with van der Waals surface area (Å²) in [6.45, 7) is 52.1. The summed E-state index contributed by atoms with van der Waals surface area (Å²) in [7, 11) is 0. The summed E-state index contributed by atoms with van der Waals surface area (Å²) in [5.74, 6) is 1.52. The van der Waals surface area contributed by atoms with Crippen molar-refractivity contribution < 1.29 is 20.4 Å². The first-order valence-corrected chi connectivity index (χ1v) is 28.3. The Bertz CT molecular complexity index is 2790. The van der Waals surface area contributed by atoms with E-state index >= 15 is 0 Å². The van der Waals surface area contributed by atoms with Crippen LogP contribution in [-0.2, 0) is 69.0 Å². The molecule has 416 valence electrons. The molecule has 5 nitrogen and oxygen atoms in total. The Morgan fingerprint density at radius 1 is 0.247 bits per heavy atom. The molecule has 5 N–H and O–H groups in total. The van der Waals surface area contributed by atoms with E-state index in [1.807, 2.05) is 0 Å². The SMILES string of the molecule is CC(C)(C)c1cc(Cc2ccc(Nc3ccc(Cc4cc(C(C)(C)C)c(O)c(C(C)(C)C)c4)cc3Cc3cc(C(C)(C)C)c(O)c(C(C)(C)C)c3)c(Cc3cc(C(C)(C)C)c(O)c(C(C)(C)C)c3)c2)cc(C(C)(C)C)c1O. The zero-order valence-electron chi connectivity index (χ0n) is 52.2. The van der Waals surface area contributed by atoms with E-state index in [1.165, 1.54) is 11.1 Å². The quantitative estimate of drug-likeness (QED) is 0.0943. The zero-order valence-corrected chi connectivity index (χ0v) is 52.2. The summed E-state index contributed by atoms with van der Waals surface area (Å²) in [5.41, 5.74) is 16.6. The van der Waals surface area contributed by atoms with Gasteiger partial charge in [-0.2, -0.15) is 0 Å². The summed E-state index contributed by atoms with van der Waals surface area (Å²) in [4.78, 5) is 0. The summed E-state index contributed by atoms with van der Waals surface area (Å²) >= 11 is 0. The largest absolute Gasteiger partial charge is 0.507 e. The second kappa shape index (κ2) is 20.8. The van der Waals surface area contributed by atoms with Crippen LogP contribution in [0.4, 0.5) is 11.4 Å². The first-order chi connectivity index (χ1) is 34.8. The molecule has 0 aliphatic rings. The Balaban J connectivity index is 1.59. The van der Waals surface area contributed by atoms with Crippen molar-refractivity contribution in [2.45, 2.75) is 235 Å². The minimum absolute atomic E-state index is 0.252. The van der Waals surface area contributed by atoms with Gasteiger partial charge in [-0.05, 0) is 170 Å². The number of phenols is 4. The van der Waals surface area contributed by atoms with E-state index in [1.54, 1.807) is 0 Å². The fourth-order valence-electron chi connectivity index (χ4n) is 10.9. The second-order valence-corrected chi connectivity index (χ2v) is 31.0. The number of phenolic OH excluding ortho intramolecular Hbond substituents is 4. The van der Waals surface area contributed by atoms with Gasteiger partial charge in [0.2, 0.25) is 0 Å². The predicted molar refractivity (Wildman–Crippen MR) is 329 cm³/mol. The van der Waals surface area contributed by atoms with E-state index in [4.69, 9.17) is 0 Å². The fourth-order valence-corrected chi connectivity index (χ4v) is 10.9. The van der Waals surface area contributed by atoms with Crippen molar-refractivity contribution >= 4 is 11.4 Å². The van der Waals surface area contributed by atoms with E-state index in [-0.39, 0.29) is 43.3 Å². The lowest BCUT2D eigenvalue weighted by Crippen LogP contribution is -2.18. The summed E-state index contributed by atoms with van der Waals surface area (Å²) in [6, 6.07) is 31.3. The third kappa shape index (κ3) is 14.1. The minimum atomic E-state index is -0.287. The van der Waals surface area contributed by atoms with Crippen molar-refractivity contribution in [3.63, 3.8) is 0 Å². The molecule has 0 spiro atoms. The van der Waals surface area contributed by atoms with Crippen LogP contribution in [0, 0.1) is 0 Å². The van der Waals surface area contributed by atoms with Gasteiger partial charge in [0.25, 0.3) is 0 Å². The molecule has 0 aliphatic heterocycles. The maximum Gasteiger partial charge on any atom is 0.123 e. The zero-order chi connectivity index (χ0) is 58.1. The number of anilines is 2. The van der Waals surface area contributed by atoms with Gasteiger partial charge in [0.1, 0.15) is 23.0 Å². The van der Waals surface area contributed by atoms with Crippen LogP contribution in [0.25, 0.3) is 0 Å². The monoisotopic (exact) mass is 1040 g/mol. The molecule has 6 aromatic rings. The van der Waals surface area contributed by atoms with E-state index in [9.17, 15) is 20.4 Å². The van der Waals surface area contributed by atoms with Crippen LogP contribution < -0.4 is 5.32 Å². The highest BCUT2D eigenvalue weighted by Gasteiger charge is 2.31. The summed E-state index contributed by atoms with van der Waals surface area (Å²) < 4.78 is 0. The van der Waals surface area contributed by atoms with Crippen molar-refractivity contribution in [1.82, 2.24) is 0 Å². The molecule has 6 aromatic carbocycles. The van der Waals surface area contributed by atoms with Gasteiger partial charge in [0.05, 0.1) is 0 Å². The van der Waals surface area contributed by atoms with Gasteiger partial charge in [-0.15, -0.1) is 0 Å². The Labute approximate surface area is 467 Å². The maximum atomic E-state index is 11.8. The summed E-state index contributed by atoms with van der Waals surface area (Å²) in [5, 5.41) is 51.1. The van der Waals surface area contributed by atoms with E-state index in [0.717, 1.165) is 89.3 Å². The van der Waals surface area contributed by atoms with Crippen LogP contribution in [0.5, 0.6) is 23.0 Å². The van der Waals surface area contributed by atoms with Gasteiger partial charge in [-0.3, -0.25) is 0 Å². The van der Waals surface area contributed by atoms with Gasteiger partial charge >= 0.3 is 0 Å². The molecular weight excluding hydrogens is 943 g/mol. The molecule has 0 aliphatic carbocycles. The van der Waals surface area contributed by atoms with Gasteiger partial charge < -0.3 is 25.7 Å². The summed E-state index contributed by atoms with van der Waals surface area (Å²) in [6.07, 6.45) is 2.63. The average molecular weight is 1040 g/mol. The maximum absolute atomic E-state index is 11.8. The molecule has 0 heterocycles. The fraction of sp³-hybridized carbons (Fsp3) is 0.500. The number of aromatic hydroxyl groups is 4. The molecule has 0 amide bonds. The van der Waals surface area contributed by atoms with Gasteiger partial charge in [0, 0.05) is 11.4 Å². The third-order valence-electron chi connectivity index (χ3n) is 15.4. The predicted octanol–water partition coefficient (Wildman–Crippen LogP) is 19.0. The third-order valence-corrected chi connectivity index (χ3v) is 15.4. The standard InChI is InChI=1S/C72H99NO4/c1-65(2,3)51-35-45(36-52(61(51)74)66(4,5)6)29-43-25-27-59(49(31-43)33-47-39-55(69(13,14)15)63(76)56(40-47)70(16,17)18)73-60-28-26-44(30-46-37-53(67(7,8)9)62(75)54(38-46)68(10,11)12)32-50(60)34-48-41-57(71(19,20)21)64(77)58(42-48)72(22,23)24/h25-28,31-32,35-42,73-77H,29-30,33-34H2,1-24H3. The number of hydrogen-bond acceptors (Lipinski definition) is 5. The highest BCUT2D eigenvalue weighted by Crippen LogP contribution is 2.45. The van der Waals surface area contributed by atoms with Crippen molar-refractivity contribution in [3.8, 4) is 23.0 Å². The second-order valence-electron chi connectivity index (χ2n) is 31.0.